The molecule has 140 valence electrons. The number of hydrogen-bond acceptors (Lipinski definition) is 3. The lowest BCUT2D eigenvalue weighted by atomic mass is 10.1. The highest BCUT2D eigenvalue weighted by atomic mass is 35.5. The number of halogens is 1. The van der Waals surface area contributed by atoms with E-state index in [1.165, 1.54) is 0 Å². The van der Waals surface area contributed by atoms with E-state index in [0.29, 0.717) is 16.3 Å². The van der Waals surface area contributed by atoms with Gasteiger partial charge in [0.05, 0.1) is 23.0 Å². The molecule has 0 radical (unpaired) electrons. The molecule has 6 heteroatoms. The molecular formula is C22H19ClN4O. The van der Waals surface area contributed by atoms with Gasteiger partial charge >= 0.3 is 0 Å². The van der Waals surface area contributed by atoms with Gasteiger partial charge in [-0.1, -0.05) is 29.8 Å². The molecule has 1 fully saturated rings. The highest BCUT2D eigenvalue weighted by Crippen LogP contribution is 2.26. The van der Waals surface area contributed by atoms with Crippen molar-refractivity contribution in [1.82, 2.24) is 14.7 Å². The molecule has 0 N–H and O–H groups in total. The molecule has 4 rings (SSSR count). The summed E-state index contributed by atoms with van der Waals surface area (Å²) < 4.78 is 1.74. The van der Waals surface area contributed by atoms with E-state index in [2.05, 4.69) is 11.2 Å². The van der Waals surface area contributed by atoms with Crippen LogP contribution in [0.15, 0.2) is 54.6 Å². The Kier molecular flexibility index (Phi) is 5.14. The normalized spacial score (nSPS) is 13.9. The molecule has 28 heavy (non-hydrogen) atoms. The number of rotatable bonds is 3. The Morgan fingerprint density at radius 3 is 2.46 bits per heavy atom. The fourth-order valence-electron chi connectivity index (χ4n) is 3.47. The zero-order valence-corrected chi connectivity index (χ0v) is 16.1. The van der Waals surface area contributed by atoms with Crippen molar-refractivity contribution < 1.29 is 4.79 Å². The first kappa shape index (κ1) is 18.3. The monoisotopic (exact) mass is 390 g/mol. The highest BCUT2D eigenvalue weighted by Gasteiger charge is 2.23. The zero-order chi connectivity index (χ0) is 19.5. The lowest BCUT2D eigenvalue weighted by molar-refractivity contribution is 0.0718. The van der Waals surface area contributed by atoms with Crippen LogP contribution in [0.25, 0.3) is 16.9 Å². The Bertz CT molecular complexity index is 1040. The molecule has 1 aliphatic rings. The van der Waals surface area contributed by atoms with Gasteiger partial charge in [-0.05, 0) is 55.7 Å². The van der Waals surface area contributed by atoms with Crippen molar-refractivity contribution in [3.63, 3.8) is 0 Å². The maximum absolute atomic E-state index is 13.0. The molecule has 0 bridgehead atoms. The Morgan fingerprint density at radius 1 is 1.04 bits per heavy atom. The van der Waals surface area contributed by atoms with Crippen LogP contribution in [0.1, 0.15) is 35.3 Å². The number of nitriles is 1. The molecule has 0 saturated carbocycles. The third kappa shape index (κ3) is 3.64. The van der Waals surface area contributed by atoms with Crippen molar-refractivity contribution >= 4 is 17.5 Å². The van der Waals surface area contributed by atoms with Gasteiger partial charge in [0.15, 0.2) is 5.69 Å². The summed E-state index contributed by atoms with van der Waals surface area (Å²) in [6, 6.07) is 18.6. The van der Waals surface area contributed by atoms with E-state index in [1.54, 1.807) is 22.9 Å². The van der Waals surface area contributed by atoms with Crippen LogP contribution < -0.4 is 0 Å². The Labute approximate surface area is 168 Å². The molecule has 3 aromatic rings. The van der Waals surface area contributed by atoms with E-state index in [9.17, 15) is 4.79 Å². The lowest BCUT2D eigenvalue weighted by Gasteiger charge is -2.25. The van der Waals surface area contributed by atoms with Gasteiger partial charge in [0.25, 0.3) is 5.91 Å². The number of piperidine rings is 1. The van der Waals surface area contributed by atoms with E-state index in [4.69, 9.17) is 16.9 Å². The minimum atomic E-state index is -0.0460. The van der Waals surface area contributed by atoms with E-state index < -0.39 is 0 Å². The fraction of sp³-hybridized carbons (Fsp3) is 0.227. The van der Waals surface area contributed by atoms with Crippen LogP contribution in [0, 0.1) is 11.3 Å². The van der Waals surface area contributed by atoms with Gasteiger partial charge in [-0.3, -0.25) is 4.79 Å². The van der Waals surface area contributed by atoms with Crippen LogP contribution in [-0.4, -0.2) is 33.7 Å². The SMILES string of the molecule is N#Cc1ccc(-c2cc(C(=O)N3CCCCC3)nn2-c2cccc(Cl)c2)cc1. The predicted octanol–water partition coefficient (Wildman–Crippen LogP) is 4.69. The average molecular weight is 391 g/mol. The number of likely N-dealkylation sites (tertiary alicyclic amines) is 1. The molecule has 1 amide bonds. The van der Waals surface area contributed by atoms with E-state index >= 15 is 0 Å². The number of aromatic nitrogens is 2. The number of amides is 1. The zero-order valence-electron chi connectivity index (χ0n) is 15.3. The minimum absolute atomic E-state index is 0.0460. The number of benzene rings is 2. The molecule has 2 aromatic carbocycles. The smallest absolute Gasteiger partial charge is 0.274 e. The van der Waals surface area contributed by atoms with Crippen molar-refractivity contribution in [2.24, 2.45) is 0 Å². The number of hydrogen-bond donors (Lipinski definition) is 0. The maximum Gasteiger partial charge on any atom is 0.274 e. The van der Waals surface area contributed by atoms with Crippen molar-refractivity contribution in [2.45, 2.75) is 19.3 Å². The second-order valence-corrected chi connectivity index (χ2v) is 7.28. The van der Waals surface area contributed by atoms with Crippen LogP contribution >= 0.6 is 11.6 Å². The Morgan fingerprint density at radius 2 is 1.79 bits per heavy atom. The molecule has 1 aliphatic heterocycles. The summed E-state index contributed by atoms with van der Waals surface area (Å²) in [5.74, 6) is -0.0460. The summed E-state index contributed by atoms with van der Waals surface area (Å²) in [6.45, 7) is 1.55. The van der Waals surface area contributed by atoms with Crippen LogP contribution in [0.3, 0.4) is 0 Å². The van der Waals surface area contributed by atoms with Crippen LogP contribution in [0.2, 0.25) is 5.02 Å². The number of nitrogens with zero attached hydrogens (tertiary/aromatic N) is 4. The Hall–Kier alpha value is -3.10. The summed E-state index contributed by atoms with van der Waals surface area (Å²) >= 11 is 6.17. The third-order valence-electron chi connectivity index (χ3n) is 4.93. The predicted molar refractivity (Wildman–Crippen MR) is 108 cm³/mol. The summed E-state index contributed by atoms with van der Waals surface area (Å²) in [6.07, 6.45) is 3.23. The first-order valence-electron chi connectivity index (χ1n) is 9.31. The molecule has 0 atom stereocenters. The second-order valence-electron chi connectivity index (χ2n) is 6.85. The van der Waals surface area contributed by atoms with Crippen molar-refractivity contribution in [3.8, 4) is 23.0 Å². The van der Waals surface area contributed by atoms with Gasteiger partial charge in [-0.15, -0.1) is 0 Å². The summed E-state index contributed by atoms with van der Waals surface area (Å²) in [5.41, 5.74) is 3.45. The van der Waals surface area contributed by atoms with Crippen LogP contribution in [-0.2, 0) is 0 Å². The topological polar surface area (TPSA) is 61.9 Å². The minimum Gasteiger partial charge on any atom is -0.337 e. The first-order chi connectivity index (χ1) is 13.7. The number of carbonyl (C=O) groups excluding carboxylic acids is 1. The third-order valence-corrected chi connectivity index (χ3v) is 5.17. The van der Waals surface area contributed by atoms with E-state index in [1.807, 2.05) is 41.3 Å². The average Bonchev–Trinajstić information content (AvgIpc) is 3.19. The van der Waals surface area contributed by atoms with Crippen molar-refractivity contribution in [2.75, 3.05) is 13.1 Å². The molecule has 0 spiro atoms. The maximum atomic E-state index is 13.0. The van der Waals surface area contributed by atoms with E-state index in [0.717, 1.165) is 49.3 Å². The summed E-state index contributed by atoms with van der Waals surface area (Å²) in [5, 5.41) is 14.3. The van der Waals surface area contributed by atoms with Gasteiger partial charge in [-0.2, -0.15) is 10.4 Å². The summed E-state index contributed by atoms with van der Waals surface area (Å²) in [4.78, 5) is 14.8. The van der Waals surface area contributed by atoms with Gasteiger partial charge in [0.2, 0.25) is 0 Å². The summed E-state index contributed by atoms with van der Waals surface area (Å²) in [7, 11) is 0. The lowest BCUT2D eigenvalue weighted by Crippen LogP contribution is -2.35. The molecule has 1 aromatic heterocycles. The van der Waals surface area contributed by atoms with E-state index in [-0.39, 0.29) is 5.91 Å². The largest absolute Gasteiger partial charge is 0.337 e. The highest BCUT2D eigenvalue weighted by molar-refractivity contribution is 6.30. The molecule has 1 saturated heterocycles. The van der Waals surface area contributed by atoms with Gasteiger partial charge in [-0.25, -0.2) is 4.68 Å². The Balaban J connectivity index is 1.79. The first-order valence-corrected chi connectivity index (χ1v) is 9.69. The molecule has 0 unspecified atom stereocenters. The molecule has 2 heterocycles. The standard InChI is InChI=1S/C22H19ClN4O/c23-18-5-4-6-19(13-18)27-21(17-9-7-16(15-24)8-10-17)14-20(25-27)22(28)26-11-2-1-3-12-26/h4-10,13-14H,1-3,11-12H2. The van der Waals surface area contributed by atoms with Gasteiger partial charge in [0.1, 0.15) is 0 Å². The van der Waals surface area contributed by atoms with Crippen LogP contribution in [0.5, 0.6) is 0 Å². The van der Waals surface area contributed by atoms with Crippen molar-refractivity contribution in [1.29, 1.82) is 5.26 Å². The molecular weight excluding hydrogens is 372 g/mol. The van der Waals surface area contributed by atoms with Gasteiger partial charge in [0, 0.05) is 23.7 Å². The van der Waals surface area contributed by atoms with Crippen molar-refractivity contribution in [3.05, 3.63) is 70.9 Å². The molecule has 5 nitrogen and oxygen atoms in total. The van der Waals surface area contributed by atoms with Gasteiger partial charge < -0.3 is 4.90 Å². The molecule has 0 aliphatic carbocycles. The fourth-order valence-corrected chi connectivity index (χ4v) is 3.65. The quantitative estimate of drug-likeness (QED) is 0.651. The number of carbonyl (C=O) groups is 1. The second kappa shape index (κ2) is 7.87. The van der Waals surface area contributed by atoms with Crippen LogP contribution in [0.4, 0.5) is 0 Å².